The Kier molecular flexibility index (Phi) is 6.72. The zero-order valence-corrected chi connectivity index (χ0v) is 17.9. The van der Waals surface area contributed by atoms with Crippen LogP contribution in [-0.4, -0.2) is 20.2 Å². The minimum Gasteiger partial charge on any atom is -0.348 e. The highest BCUT2D eigenvalue weighted by Crippen LogP contribution is 2.29. The van der Waals surface area contributed by atoms with Crippen LogP contribution in [0.15, 0.2) is 76.5 Å². The molecule has 0 saturated carbocycles. The Bertz CT molecular complexity index is 1230. The second kappa shape index (κ2) is 9.28. The van der Waals surface area contributed by atoms with Crippen molar-refractivity contribution in [1.82, 2.24) is 5.32 Å². The summed E-state index contributed by atoms with van der Waals surface area (Å²) in [7, 11) is -3.97. The fraction of sp³-hybridized carbons (Fsp3) is 0.0909. The van der Waals surface area contributed by atoms with Crippen LogP contribution < -0.4 is 10.6 Å². The Labute approximate surface area is 184 Å². The Morgan fingerprint density at radius 2 is 1.61 bits per heavy atom. The van der Waals surface area contributed by atoms with Gasteiger partial charge in [-0.3, -0.25) is 9.59 Å². The van der Waals surface area contributed by atoms with Crippen molar-refractivity contribution >= 4 is 38.9 Å². The topological polar surface area (TPSA) is 92.3 Å². The Hall–Kier alpha value is -3.23. The first kappa shape index (κ1) is 22.5. The molecule has 6 nitrogen and oxygen atoms in total. The summed E-state index contributed by atoms with van der Waals surface area (Å²) < 4.78 is 39.1. The lowest BCUT2D eigenvalue weighted by Gasteiger charge is -2.13. The fourth-order valence-corrected chi connectivity index (χ4v) is 4.34. The highest BCUT2D eigenvalue weighted by atomic mass is 35.5. The first-order valence-electron chi connectivity index (χ1n) is 9.12. The van der Waals surface area contributed by atoms with E-state index in [0.717, 1.165) is 0 Å². The number of amides is 2. The molecule has 0 spiro atoms. The van der Waals surface area contributed by atoms with Gasteiger partial charge >= 0.3 is 0 Å². The average molecular weight is 461 g/mol. The summed E-state index contributed by atoms with van der Waals surface area (Å²) in [4.78, 5) is 24.0. The van der Waals surface area contributed by atoms with E-state index in [0.29, 0.717) is 10.6 Å². The number of rotatable bonds is 6. The zero-order chi connectivity index (χ0) is 22.6. The van der Waals surface area contributed by atoms with Crippen LogP contribution in [0.1, 0.15) is 22.8 Å². The third kappa shape index (κ3) is 5.48. The highest BCUT2D eigenvalue weighted by molar-refractivity contribution is 7.91. The monoisotopic (exact) mass is 460 g/mol. The van der Waals surface area contributed by atoms with Gasteiger partial charge < -0.3 is 10.6 Å². The number of carbonyl (C=O) groups is 2. The van der Waals surface area contributed by atoms with E-state index in [1.54, 1.807) is 12.1 Å². The Balaban J connectivity index is 1.90. The van der Waals surface area contributed by atoms with Crippen molar-refractivity contribution in [2.24, 2.45) is 0 Å². The van der Waals surface area contributed by atoms with Gasteiger partial charge in [0.2, 0.25) is 15.7 Å². The summed E-state index contributed by atoms with van der Waals surface area (Å²) in [5, 5.41) is 5.53. The molecule has 0 atom stereocenters. The number of benzene rings is 3. The number of carbonyl (C=O) groups excluding carboxylic acids is 2. The molecular formula is C22H18ClFN2O4S. The van der Waals surface area contributed by atoms with E-state index in [-0.39, 0.29) is 33.4 Å². The van der Waals surface area contributed by atoms with Gasteiger partial charge in [-0.1, -0.05) is 23.7 Å². The van der Waals surface area contributed by atoms with Crippen LogP contribution >= 0.6 is 11.6 Å². The van der Waals surface area contributed by atoms with Crippen LogP contribution in [0, 0.1) is 5.82 Å². The van der Waals surface area contributed by atoms with Crippen molar-refractivity contribution in [3.05, 3.63) is 88.7 Å². The maximum atomic E-state index is 13.0. The van der Waals surface area contributed by atoms with Gasteiger partial charge in [-0.2, -0.15) is 0 Å². The van der Waals surface area contributed by atoms with Gasteiger partial charge in [0, 0.05) is 24.1 Å². The van der Waals surface area contributed by atoms with E-state index in [1.165, 1.54) is 61.5 Å². The molecule has 0 aliphatic heterocycles. The summed E-state index contributed by atoms with van der Waals surface area (Å²) >= 11 is 5.83. The molecule has 0 unspecified atom stereocenters. The molecule has 2 amide bonds. The minimum atomic E-state index is -3.97. The highest BCUT2D eigenvalue weighted by Gasteiger charge is 2.23. The van der Waals surface area contributed by atoms with Gasteiger partial charge in [-0.25, -0.2) is 12.8 Å². The van der Waals surface area contributed by atoms with E-state index in [2.05, 4.69) is 10.6 Å². The summed E-state index contributed by atoms with van der Waals surface area (Å²) in [5.41, 5.74) is 0.830. The van der Waals surface area contributed by atoms with E-state index in [1.807, 2.05) is 0 Å². The summed E-state index contributed by atoms with van der Waals surface area (Å²) in [6.45, 7) is 1.39. The van der Waals surface area contributed by atoms with Crippen LogP contribution in [0.25, 0.3) is 0 Å². The van der Waals surface area contributed by atoms with E-state index >= 15 is 0 Å². The van der Waals surface area contributed by atoms with Crippen LogP contribution in [0.3, 0.4) is 0 Å². The molecule has 160 valence electrons. The van der Waals surface area contributed by atoms with E-state index < -0.39 is 21.7 Å². The number of sulfone groups is 1. The van der Waals surface area contributed by atoms with Crippen molar-refractivity contribution in [3.8, 4) is 0 Å². The van der Waals surface area contributed by atoms with Crippen molar-refractivity contribution in [2.75, 3.05) is 5.32 Å². The normalized spacial score (nSPS) is 11.1. The second-order valence-corrected chi connectivity index (χ2v) is 9.01. The van der Waals surface area contributed by atoms with Crippen molar-refractivity contribution in [3.63, 3.8) is 0 Å². The van der Waals surface area contributed by atoms with Crippen LogP contribution in [0.4, 0.5) is 10.1 Å². The molecule has 0 aromatic heterocycles. The smallest absolute Gasteiger partial charge is 0.251 e. The molecule has 31 heavy (non-hydrogen) atoms. The molecule has 0 aliphatic carbocycles. The van der Waals surface area contributed by atoms with Gasteiger partial charge in [-0.15, -0.1) is 0 Å². The summed E-state index contributed by atoms with van der Waals surface area (Å²) in [6.07, 6.45) is 0. The molecule has 0 fully saturated rings. The first-order chi connectivity index (χ1) is 14.7. The molecule has 0 saturated heterocycles. The van der Waals surface area contributed by atoms with E-state index in [4.69, 9.17) is 11.6 Å². The molecule has 3 aromatic carbocycles. The lowest BCUT2D eigenvalue weighted by Crippen LogP contribution is -2.23. The van der Waals surface area contributed by atoms with Gasteiger partial charge in [0.05, 0.1) is 15.5 Å². The van der Waals surface area contributed by atoms with Crippen molar-refractivity contribution in [1.29, 1.82) is 0 Å². The summed E-state index contributed by atoms with van der Waals surface area (Å²) in [5.74, 6) is -1.35. The van der Waals surface area contributed by atoms with Crippen molar-refractivity contribution in [2.45, 2.75) is 23.3 Å². The number of halogens is 2. The van der Waals surface area contributed by atoms with Gasteiger partial charge in [0.15, 0.2) is 0 Å². The van der Waals surface area contributed by atoms with Crippen molar-refractivity contribution < 1.29 is 22.4 Å². The molecule has 2 N–H and O–H groups in total. The largest absolute Gasteiger partial charge is 0.348 e. The minimum absolute atomic E-state index is 0.00277. The van der Waals surface area contributed by atoms with Gasteiger partial charge in [0.25, 0.3) is 5.91 Å². The maximum absolute atomic E-state index is 13.0. The lowest BCUT2D eigenvalue weighted by atomic mass is 10.1. The molecule has 9 heteroatoms. The second-order valence-electron chi connectivity index (χ2n) is 6.66. The molecule has 0 heterocycles. The molecular weight excluding hydrogens is 443 g/mol. The standard InChI is InChI=1S/C22H18ClFN2O4S/c1-14(27)26-20-12-16(22(28)25-13-15-2-7-18(24)8-3-15)4-11-21(20)31(29,30)19-9-5-17(23)6-10-19/h2-12H,13H2,1H3,(H,25,28)(H,26,27). The molecule has 3 aromatic rings. The predicted molar refractivity (Wildman–Crippen MR) is 115 cm³/mol. The number of hydrogen-bond donors (Lipinski definition) is 2. The Morgan fingerprint density at radius 3 is 2.23 bits per heavy atom. The van der Waals surface area contributed by atoms with Crippen LogP contribution in [0.2, 0.25) is 5.02 Å². The lowest BCUT2D eigenvalue weighted by molar-refractivity contribution is -0.114. The predicted octanol–water partition coefficient (Wildman–Crippen LogP) is 4.20. The van der Waals surface area contributed by atoms with Crippen LogP contribution in [0.5, 0.6) is 0 Å². The number of nitrogens with one attached hydrogen (secondary N) is 2. The quantitative estimate of drug-likeness (QED) is 0.576. The van der Waals surface area contributed by atoms with Crippen LogP contribution in [-0.2, 0) is 21.2 Å². The van der Waals surface area contributed by atoms with Gasteiger partial charge in [-0.05, 0) is 60.2 Å². The fourth-order valence-electron chi connectivity index (χ4n) is 2.82. The number of hydrogen-bond acceptors (Lipinski definition) is 4. The molecule has 0 aliphatic rings. The summed E-state index contributed by atoms with van der Waals surface area (Å²) in [6, 6.07) is 15.2. The molecule has 3 rings (SSSR count). The van der Waals surface area contributed by atoms with Gasteiger partial charge in [0.1, 0.15) is 5.82 Å². The average Bonchev–Trinajstić information content (AvgIpc) is 2.73. The first-order valence-corrected chi connectivity index (χ1v) is 11.0. The Morgan fingerprint density at radius 1 is 0.968 bits per heavy atom. The van der Waals surface area contributed by atoms with E-state index in [9.17, 15) is 22.4 Å². The third-order valence-electron chi connectivity index (χ3n) is 4.33. The maximum Gasteiger partial charge on any atom is 0.251 e. The number of anilines is 1. The zero-order valence-electron chi connectivity index (χ0n) is 16.4. The third-order valence-corrected chi connectivity index (χ3v) is 6.41. The SMILES string of the molecule is CC(=O)Nc1cc(C(=O)NCc2ccc(F)cc2)ccc1S(=O)(=O)c1ccc(Cl)cc1. The molecule has 0 radical (unpaired) electrons. The molecule has 0 bridgehead atoms.